The Balaban J connectivity index is 0.000000185. The van der Waals surface area contributed by atoms with Crippen LogP contribution in [-0.2, 0) is 9.59 Å². The average molecular weight is 966 g/mol. The third kappa shape index (κ3) is 13.6. The minimum absolute atomic E-state index is 0.0463. The molecule has 2 fully saturated rings. The van der Waals surface area contributed by atoms with E-state index in [9.17, 15) is 9.59 Å². The molecule has 2 saturated carbocycles. The molecule has 0 spiro atoms. The summed E-state index contributed by atoms with van der Waals surface area (Å²) in [6.07, 6.45) is 12.8. The van der Waals surface area contributed by atoms with E-state index in [1.807, 2.05) is 50.2 Å². The van der Waals surface area contributed by atoms with E-state index in [-0.39, 0.29) is 23.4 Å². The number of aryl methyl sites for hydroxylation is 2. The van der Waals surface area contributed by atoms with Crippen LogP contribution >= 0.6 is 35.6 Å². The number of nitrogens with zero attached hydrogens (tertiary/aromatic N) is 5. The molecule has 0 radical (unpaired) electrons. The summed E-state index contributed by atoms with van der Waals surface area (Å²) in [5, 5.41) is 13.5. The van der Waals surface area contributed by atoms with Crippen molar-refractivity contribution in [3.63, 3.8) is 0 Å². The molecule has 6 aromatic rings. The monoisotopic (exact) mass is 964 g/mol. The summed E-state index contributed by atoms with van der Waals surface area (Å²) >= 11 is 11.8. The van der Waals surface area contributed by atoms with Crippen molar-refractivity contribution >= 4 is 104 Å². The van der Waals surface area contributed by atoms with E-state index < -0.39 is 0 Å². The molecule has 0 unspecified atom stereocenters. The topological polar surface area (TPSA) is 195 Å². The lowest BCUT2D eigenvalue weighted by molar-refractivity contribution is -0.114. The largest absolute Gasteiger partial charge is 0.495 e. The molecular formula is C48H57ClN12O4S2. The van der Waals surface area contributed by atoms with Crippen LogP contribution in [0.25, 0.3) is 31.8 Å². The minimum Gasteiger partial charge on any atom is -0.495 e. The quantitative estimate of drug-likeness (QED) is 0.0267. The van der Waals surface area contributed by atoms with Crippen LogP contribution in [0, 0.1) is 43.6 Å². The minimum atomic E-state index is -0.209. The zero-order valence-corrected chi connectivity index (χ0v) is 41.0. The molecule has 7 N–H and O–H groups in total. The van der Waals surface area contributed by atoms with Crippen molar-refractivity contribution in [2.45, 2.75) is 96.3 Å². The fraction of sp³-hybridized carbons (Fsp3) is 0.417. The van der Waals surface area contributed by atoms with E-state index in [1.165, 1.54) is 50.3 Å². The Kier molecular flexibility index (Phi) is 17.9. The zero-order valence-electron chi connectivity index (χ0n) is 38.6. The number of carbonyl (C=O) groups is 2. The number of aromatic nitrogens is 6. The van der Waals surface area contributed by atoms with Gasteiger partial charge in [-0.05, 0) is 126 Å². The standard InChI is InChI=1S/C24H28N6O2S.C16H23ClN2O2.C8H6N4S/c1-14-5-7-16(8-6-14)27-18-11-17(9-10-20(18)32-4)28-21(31)13-33-24-29-19-12-26-23(25-3)15(2)22(19)30-24;1-11-3-5-12(6-4-11)18-14-9-13(19-16(20)10-17)7-8-15(14)21-2;1-4-6-5(11-8(13)12-6)3-10-7(4)9-2/h9-12,14,16,27H,5-8,13H2,1-2,4H3,(H,28,31)(H,29,30);7-9,11-12,18H,3-6,10H2,1-2H3,(H,19,20);3H,1H3,(H2,11,12,13). The number of imidazole rings is 2. The Hall–Kier alpha value is -6.34. The highest BCUT2D eigenvalue weighted by Crippen LogP contribution is 2.34. The number of fused-ring (bicyclic) bond motifs is 2. The van der Waals surface area contributed by atoms with Crippen LogP contribution in [-0.4, -0.2) is 79.7 Å². The summed E-state index contributed by atoms with van der Waals surface area (Å²) in [7, 11) is 3.31. The van der Waals surface area contributed by atoms with Gasteiger partial charge in [-0.3, -0.25) is 9.59 Å². The number of benzene rings is 2. The van der Waals surface area contributed by atoms with Crippen molar-refractivity contribution in [2.24, 2.45) is 11.8 Å². The molecule has 16 nitrogen and oxygen atoms in total. The number of aromatic amines is 3. The van der Waals surface area contributed by atoms with Crippen LogP contribution in [0.1, 0.15) is 76.3 Å². The maximum absolute atomic E-state index is 12.6. The third-order valence-electron chi connectivity index (χ3n) is 11.9. The number of H-pyrrole nitrogens is 3. The van der Waals surface area contributed by atoms with Gasteiger partial charge in [0, 0.05) is 34.6 Å². The highest BCUT2D eigenvalue weighted by Gasteiger charge is 2.21. The highest BCUT2D eigenvalue weighted by atomic mass is 35.5. The molecule has 4 aromatic heterocycles. The molecule has 19 heteroatoms. The number of rotatable bonds is 12. The number of hydrogen-bond acceptors (Lipinski definition) is 11. The Morgan fingerprint density at radius 3 is 1.78 bits per heavy atom. The average Bonchev–Trinajstić information content (AvgIpc) is 3.94. The Labute approximate surface area is 405 Å². The number of anilines is 4. The number of amides is 2. The predicted octanol–water partition coefficient (Wildman–Crippen LogP) is 11.9. The lowest BCUT2D eigenvalue weighted by Gasteiger charge is -2.28. The molecule has 4 heterocycles. The maximum atomic E-state index is 12.6. The first-order valence-electron chi connectivity index (χ1n) is 22.2. The maximum Gasteiger partial charge on any atom is 0.274 e. The Morgan fingerprint density at radius 1 is 0.761 bits per heavy atom. The molecule has 8 rings (SSSR count). The number of ether oxygens (including phenoxy) is 2. The molecule has 2 amide bonds. The first-order chi connectivity index (χ1) is 32.3. The molecule has 352 valence electrons. The number of nitrogens with one attached hydrogen (secondary N) is 7. The zero-order chi connectivity index (χ0) is 48.0. The van der Waals surface area contributed by atoms with Crippen LogP contribution in [0.3, 0.4) is 0 Å². The summed E-state index contributed by atoms with van der Waals surface area (Å²) in [6, 6.07) is 12.1. The van der Waals surface area contributed by atoms with Gasteiger partial charge in [0.15, 0.2) is 9.93 Å². The second-order valence-corrected chi connectivity index (χ2v) is 18.5. The third-order valence-corrected chi connectivity index (χ3v) is 13.2. The Morgan fingerprint density at radius 2 is 1.27 bits per heavy atom. The van der Waals surface area contributed by atoms with Crippen molar-refractivity contribution in [3.8, 4) is 11.5 Å². The van der Waals surface area contributed by atoms with E-state index in [0.717, 1.165) is 86.6 Å². The van der Waals surface area contributed by atoms with E-state index in [4.69, 9.17) is 46.4 Å². The fourth-order valence-electron chi connectivity index (χ4n) is 8.06. The van der Waals surface area contributed by atoms with Crippen molar-refractivity contribution in [1.82, 2.24) is 29.9 Å². The molecule has 2 aliphatic rings. The van der Waals surface area contributed by atoms with Crippen molar-refractivity contribution in [1.29, 1.82) is 0 Å². The van der Waals surface area contributed by atoms with Crippen LogP contribution in [0.2, 0.25) is 0 Å². The predicted molar refractivity (Wildman–Crippen MR) is 272 cm³/mol. The van der Waals surface area contributed by atoms with E-state index >= 15 is 0 Å². The van der Waals surface area contributed by atoms with Gasteiger partial charge in [-0.25, -0.2) is 4.98 Å². The van der Waals surface area contributed by atoms with Crippen LogP contribution < -0.4 is 30.7 Å². The van der Waals surface area contributed by atoms with Gasteiger partial charge < -0.3 is 55.4 Å². The van der Waals surface area contributed by atoms with Crippen LogP contribution in [0.4, 0.5) is 34.4 Å². The van der Waals surface area contributed by atoms with E-state index in [2.05, 4.69) is 74.7 Å². The summed E-state index contributed by atoms with van der Waals surface area (Å²) in [5.41, 5.74) is 8.02. The van der Waals surface area contributed by atoms with Gasteiger partial charge in [-0.2, -0.15) is 0 Å². The van der Waals surface area contributed by atoms with Gasteiger partial charge in [0.2, 0.25) is 11.8 Å². The summed E-state index contributed by atoms with van der Waals surface area (Å²) < 4.78 is 11.5. The van der Waals surface area contributed by atoms with Gasteiger partial charge in [0.05, 0.1) is 42.4 Å². The first kappa shape index (κ1) is 50.1. The normalized spacial score (nSPS) is 17.6. The lowest BCUT2D eigenvalue weighted by Crippen LogP contribution is -2.25. The molecule has 2 aliphatic carbocycles. The number of thioether (sulfide) groups is 1. The molecular weight excluding hydrogens is 908 g/mol. The second-order valence-electron chi connectivity index (χ2n) is 16.9. The van der Waals surface area contributed by atoms with Gasteiger partial charge >= 0.3 is 0 Å². The van der Waals surface area contributed by atoms with Crippen molar-refractivity contribution < 1.29 is 19.1 Å². The van der Waals surface area contributed by atoms with Crippen LogP contribution in [0.5, 0.6) is 11.5 Å². The molecule has 0 aliphatic heterocycles. The smallest absolute Gasteiger partial charge is 0.274 e. The van der Waals surface area contributed by atoms with Gasteiger partial charge in [-0.1, -0.05) is 38.8 Å². The fourth-order valence-corrected chi connectivity index (χ4v) is 9.02. The second kappa shape index (κ2) is 23.9. The highest BCUT2D eigenvalue weighted by molar-refractivity contribution is 7.99. The number of carbonyl (C=O) groups excluding carboxylic acids is 2. The summed E-state index contributed by atoms with van der Waals surface area (Å²) in [5.74, 6) is 3.75. The van der Waals surface area contributed by atoms with Crippen molar-refractivity contribution in [3.05, 3.63) is 87.5 Å². The number of pyridine rings is 2. The molecule has 0 bridgehead atoms. The summed E-state index contributed by atoms with van der Waals surface area (Å²) in [4.78, 5) is 52.4. The summed E-state index contributed by atoms with van der Waals surface area (Å²) in [6.45, 7) is 22.3. The van der Waals surface area contributed by atoms with Crippen molar-refractivity contribution in [2.75, 3.05) is 47.1 Å². The first-order valence-corrected chi connectivity index (χ1v) is 24.1. The molecule has 2 aromatic carbocycles. The number of alkyl halides is 1. The lowest BCUT2D eigenvalue weighted by atomic mass is 9.87. The van der Waals surface area contributed by atoms with Gasteiger partial charge in [0.25, 0.3) is 11.6 Å². The number of methoxy groups -OCH3 is 2. The Bertz CT molecular complexity index is 2820. The van der Waals surface area contributed by atoms with Gasteiger partial charge in [0.1, 0.15) is 40.8 Å². The molecule has 0 saturated heterocycles. The van der Waals surface area contributed by atoms with Crippen LogP contribution in [0.15, 0.2) is 53.9 Å². The number of halogens is 1. The molecule has 0 atom stereocenters. The number of hydrogen-bond donors (Lipinski definition) is 7. The molecule has 67 heavy (non-hydrogen) atoms. The van der Waals surface area contributed by atoms with Gasteiger partial charge in [-0.15, -0.1) is 21.6 Å². The van der Waals surface area contributed by atoms with E-state index in [0.29, 0.717) is 39.2 Å². The van der Waals surface area contributed by atoms with E-state index in [1.54, 1.807) is 26.6 Å². The SMILES string of the molecule is COc1ccc(NC(=O)CCl)cc1NC1CCC(C)CC1.[C-]#[N+]c1ncc2[nH]c(=S)[nH]c2c1C.[C-]#[N+]c1ncc2[nH]c(SCC(=O)Nc3ccc(OC)c(NC4CCC(C)CC4)c3)nc2c1C.